The van der Waals surface area contributed by atoms with Gasteiger partial charge in [0.1, 0.15) is 11.6 Å². The fourth-order valence-electron chi connectivity index (χ4n) is 4.58. The molecule has 2 N–H and O–H groups in total. The molecule has 36 heavy (non-hydrogen) atoms. The third-order valence-corrected chi connectivity index (χ3v) is 7.81. The van der Waals surface area contributed by atoms with Crippen LogP contribution < -0.4 is 20.3 Å². The van der Waals surface area contributed by atoms with Crippen molar-refractivity contribution in [1.82, 2.24) is 19.3 Å². The minimum atomic E-state index is -1.47. The van der Waals surface area contributed by atoms with E-state index < -0.39 is 11.0 Å². The van der Waals surface area contributed by atoms with E-state index in [9.17, 15) is 4.21 Å². The molecule has 0 aliphatic carbocycles. The van der Waals surface area contributed by atoms with Gasteiger partial charge in [-0.2, -0.15) is 0 Å². The van der Waals surface area contributed by atoms with Crippen LogP contribution in [0, 0.1) is 0 Å². The number of hydrogen-bond donors (Lipinski definition) is 2. The fraction of sp³-hybridized carbons (Fsp3) is 0.185. The number of piperazine rings is 1. The summed E-state index contributed by atoms with van der Waals surface area (Å²) in [6, 6.07) is 19.6. The van der Waals surface area contributed by atoms with Crippen LogP contribution >= 0.6 is 0 Å². The van der Waals surface area contributed by atoms with Crippen molar-refractivity contribution < 1.29 is 8.95 Å². The smallest absolute Gasteiger partial charge is 0.159 e. The van der Waals surface area contributed by atoms with Crippen molar-refractivity contribution in [3.8, 4) is 5.75 Å². The summed E-state index contributed by atoms with van der Waals surface area (Å²) in [4.78, 5) is 12.1. The number of aromatic nitrogens is 3. The average Bonchev–Trinajstić information content (AvgIpc) is 3.36. The maximum atomic E-state index is 13.7. The average molecular weight is 499 g/mol. The summed E-state index contributed by atoms with van der Waals surface area (Å²) in [6.07, 6.45) is 5.34. The second-order valence-corrected chi connectivity index (χ2v) is 9.93. The third kappa shape index (κ3) is 4.16. The topological polar surface area (TPSA) is 84.3 Å². The van der Waals surface area contributed by atoms with Crippen molar-refractivity contribution in [2.45, 2.75) is 4.90 Å². The predicted molar refractivity (Wildman–Crippen MR) is 145 cm³/mol. The summed E-state index contributed by atoms with van der Waals surface area (Å²) in [5.74, 6) is 1.39. The SMILES string of the molecule is COc1cc(N2CCNCC2)ccc1Nc1cc2c(ccn2S(=O)c2cccc3cccnc23)cn1. The summed E-state index contributed by atoms with van der Waals surface area (Å²) >= 11 is 0. The van der Waals surface area contributed by atoms with Gasteiger partial charge in [0.15, 0.2) is 11.0 Å². The molecule has 0 amide bonds. The molecule has 5 aromatic rings. The molecule has 4 heterocycles. The van der Waals surface area contributed by atoms with Gasteiger partial charge in [0.2, 0.25) is 0 Å². The number of rotatable bonds is 6. The minimum Gasteiger partial charge on any atom is -0.494 e. The second kappa shape index (κ2) is 9.60. The second-order valence-electron chi connectivity index (χ2n) is 8.60. The molecule has 0 bridgehead atoms. The highest BCUT2D eigenvalue weighted by atomic mass is 32.2. The van der Waals surface area contributed by atoms with Gasteiger partial charge in [0.25, 0.3) is 0 Å². The summed E-state index contributed by atoms with van der Waals surface area (Å²) in [7, 11) is 0.203. The Morgan fingerprint density at radius 3 is 2.72 bits per heavy atom. The number of ether oxygens (including phenoxy) is 1. The Bertz CT molecular complexity index is 1570. The van der Waals surface area contributed by atoms with E-state index in [2.05, 4.69) is 37.6 Å². The van der Waals surface area contributed by atoms with Gasteiger partial charge in [-0.1, -0.05) is 18.2 Å². The number of benzene rings is 2. The highest BCUT2D eigenvalue weighted by molar-refractivity contribution is 7.84. The highest BCUT2D eigenvalue weighted by Gasteiger charge is 2.16. The normalized spacial score (nSPS) is 14.8. The number of nitrogens with one attached hydrogen (secondary N) is 2. The van der Waals surface area contributed by atoms with Crippen molar-refractivity contribution in [3.63, 3.8) is 0 Å². The minimum absolute atomic E-state index is 0.642. The molecule has 8 nitrogen and oxygen atoms in total. The first kappa shape index (κ1) is 22.5. The van der Waals surface area contributed by atoms with E-state index in [1.165, 1.54) is 0 Å². The molecule has 1 aliphatic heterocycles. The molecular formula is C27H26N6O2S. The molecular weight excluding hydrogens is 472 g/mol. The molecule has 3 aromatic heterocycles. The number of hydrogen-bond acceptors (Lipinski definition) is 7. The molecule has 0 saturated carbocycles. The predicted octanol–water partition coefficient (Wildman–Crippen LogP) is 4.32. The van der Waals surface area contributed by atoms with Crippen molar-refractivity contribution in [3.05, 3.63) is 79.3 Å². The molecule has 1 fully saturated rings. The van der Waals surface area contributed by atoms with Gasteiger partial charge < -0.3 is 20.3 Å². The number of anilines is 3. The Morgan fingerprint density at radius 1 is 1.00 bits per heavy atom. The van der Waals surface area contributed by atoms with E-state index in [0.717, 1.165) is 65.1 Å². The quantitative estimate of drug-likeness (QED) is 0.361. The Hall–Kier alpha value is -3.95. The molecule has 1 unspecified atom stereocenters. The lowest BCUT2D eigenvalue weighted by atomic mass is 10.2. The van der Waals surface area contributed by atoms with Gasteiger partial charge >= 0.3 is 0 Å². The first-order valence-electron chi connectivity index (χ1n) is 11.8. The maximum Gasteiger partial charge on any atom is 0.159 e. The van der Waals surface area contributed by atoms with Gasteiger partial charge in [-0.15, -0.1) is 0 Å². The summed E-state index contributed by atoms with van der Waals surface area (Å²) in [5.41, 5.74) is 3.51. The van der Waals surface area contributed by atoms with Gasteiger partial charge in [-0.05, 0) is 30.3 Å². The van der Waals surface area contributed by atoms with Crippen molar-refractivity contribution in [1.29, 1.82) is 0 Å². The Balaban J connectivity index is 1.32. The maximum absolute atomic E-state index is 13.7. The molecule has 182 valence electrons. The van der Waals surface area contributed by atoms with Crippen LogP contribution in [0.15, 0.2) is 84.1 Å². The number of methoxy groups -OCH3 is 1. The third-order valence-electron chi connectivity index (χ3n) is 6.43. The first-order valence-corrected chi connectivity index (χ1v) is 13.0. The van der Waals surface area contributed by atoms with Crippen molar-refractivity contribution in [2.24, 2.45) is 0 Å². The van der Waals surface area contributed by atoms with E-state index in [1.807, 2.05) is 54.7 Å². The molecule has 0 radical (unpaired) electrons. The fourth-order valence-corrected chi connectivity index (χ4v) is 5.83. The van der Waals surface area contributed by atoms with Crippen LogP contribution in [0.3, 0.4) is 0 Å². The lowest BCUT2D eigenvalue weighted by molar-refractivity contribution is 0.416. The van der Waals surface area contributed by atoms with E-state index in [0.29, 0.717) is 10.7 Å². The van der Waals surface area contributed by atoms with Crippen LogP contribution in [0.25, 0.3) is 21.8 Å². The van der Waals surface area contributed by atoms with Crippen LogP contribution in [0.2, 0.25) is 0 Å². The van der Waals surface area contributed by atoms with E-state index in [1.54, 1.807) is 23.5 Å². The van der Waals surface area contributed by atoms with Crippen LogP contribution in [0.4, 0.5) is 17.2 Å². The van der Waals surface area contributed by atoms with Crippen molar-refractivity contribution >= 4 is 50.0 Å². The Kier molecular flexibility index (Phi) is 6.00. The van der Waals surface area contributed by atoms with E-state index in [4.69, 9.17) is 4.74 Å². The molecule has 6 rings (SSSR count). The molecule has 9 heteroatoms. The van der Waals surface area contributed by atoms with E-state index >= 15 is 0 Å². The molecule has 1 atom stereocenters. The van der Waals surface area contributed by atoms with Crippen LogP contribution in [-0.4, -0.2) is 51.4 Å². The van der Waals surface area contributed by atoms with Gasteiger partial charge in [-0.25, -0.2) is 9.19 Å². The zero-order valence-electron chi connectivity index (χ0n) is 19.8. The Labute approximate surface area is 211 Å². The van der Waals surface area contributed by atoms with Crippen molar-refractivity contribution in [2.75, 3.05) is 43.5 Å². The first-order chi connectivity index (χ1) is 17.7. The van der Waals surface area contributed by atoms with Gasteiger partial charge in [0, 0.05) is 73.4 Å². The van der Waals surface area contributed by atoms with E-state index in [-0.39, 0.29) is 0 Å². The lowest BCUT2D eigenvalue weighted by Crippen LogP contribution is -2.43. The summed E-state index contributed by atoms with van der Waals surface area (Å²) < 4.78 is 21.1. The number of para-hydroxylation sites is 1. The standard InChI is InChI=1S/C27H26N6O2S/c1-35-24-16-21(32-14-11-28-12-15-32)7-8-22(24)31-26-17-23-20(18-30-26)9-13-33(23)36(34)25-6-2-4-19-5-3-10-29-27(19)25/h2-10,13,16-18,28H,11-12,14-15H2,1H3,(H,30,31). The Morgan fingerprint density at radius 2 is 1.86 bits per heavy atom. The van der Waals surface area contributed by atoms with Gasteiger partial charge in [0.05, 0.1) is 28.7 Å². The lowest BCUT2D eigenvalue weighted by Gasteiger charge is -2.30. The number of pyridine rings is 2. The zero-order chi connectivity index (χ0) is 24.5. The molecule has 1 saturated heterocycles. The largest absolute Gasteiger partial charge is 0.494 e. The summed E-state index contributed by atoms with van der Waals surface area (Å²) in [6.45, 7) is 3.88. The van der Waals surface area contributed by atoms with Crippen LogP contribution in [0.5, 0.6) is 5.75 Å². The monoisotopic (exact) mass is 498 g/mol. The van der Waals surface area contributed by atoms with Gasteiger partial charge in [-0.3, -0.25) is 8.96 Å². The van der Waals surface area contributed by atoms with Crippen LogP contribution in [-0.2, 0) is 11.0 Å². The number of nitrogens with zero attached hydrogens (tertiary/aromatic N) is 4. The molecule has 2 aromatic carbocycles. The zero-order valence-corrected chi connectivity index (χ0v) is 20.7. The molecule has 0 spiro atoms. The molecule has 1 aliphatic rings. The highest BCUT2D eigenvalue weighted by Crippen LogP contribution is 2.33. The summed E-state index contributed by atoms with van der Waals surface area (Å²) in [5, 5.41) is 8.62. The van der Waals surface area contributed by atoms with Crippen LogP contribution in [0.1, 0.15) is 0 Å². The number of fused-ring (bicyclic) bond motifs is 2.